The number of halogens is 1. The van der Waals surface area contributed by atoms with Gasteiger partial charge in [-0.05, 0) is 29.8 Å². The number of pyridine rings is 1. The van der Waals surface area contributed by atoms with Gasteiger partial charge in [0.2, 0.25) is 0 Å². The van der Waals surface area contributed by atoms with Crippen LogP contribution in [0.1, 0.15) is 5.56 Å². The van der Waals surface area contributed by atoms with Crippen LogP contribution in [-0.2, 0) is 6.54 Å². The Bertz CT molecular complexity index is 1220. The minimum absolute atomic E-state index is 0.300. The largest absolute Gasteiger partial charge is 0.335 e. The van der Waals surface area contributed by atoms with E-state index < -0.39 is 0 Å². The average Bonchev–Trinajstić information content (AvgIpc) is 3.39. The quantitative estimate of drug-likeness (QED) is 0.515. The minimum Gasteiger partial charge on any atom is -0.335 e. The van der Waals surface area contributed by atoms with Crippen molar-refractivity contribution in [1.82, 2.24) is 34.9 Å². The highest BCUT2D eigenvalue weighted by atomic mass is 19.1. The zero-order chi connectivity index (χ0) is 18.2. The van der Waals surface area contributed by atoms with Crippen molar-refractivity contribution in [3.8, 4) is 22.6 Å². The summed E-state index contributed by atoms with van der Waals surface area (Å²) < 4.78 is 15.4. The molecule has 0 spiro atoms. The van der Waals surface area contributed by atoms with Crippen LogP contribution in [-0.4, -0.2) is 34.9 Å². The van der Waals surface area contributed by atoms with Gasteiger partial charge in [0.15, 0.2) is 5.65 Å². The van der Waals surface area contributed by atoms with Crippen molar-refractivity contribution in [3.63, 3.8) is 0 Å². The number of nitrogens with one attached hydrogen (secondary N) is 2. The van der Waals surface area contributed by atoms with E-state index in [4.69, 9.17) is 4.98 Å². The van der Waals surface area contributed by atoms with Gasteiger partial charge in [-0.1, -0.05) is 12.1 Å². The highest BCUT2D eigenvalue weighted by molar-refractivity contribution is 5.82. The van der Waals surface area contributed by atoms with E-state index in [1.807, 2.05) is 22.9 Å². The van der Waals surface area contributed by atoms with Crippen LogP contribution in [0.5, 0.6) is 0 Å². The number of imidazole rings is 1. The molecule has 5 aromatic rings. The van der Waals surface area contributed by atoms with Crippen LogP contribution in [0.15, 0.2) is 61.2 Å². The van der Waals surface area contributed by atoms with E-state index in [0.29, 0.717) is 23.6 Å². The lowest BCUT2D eigenvalue weighted by atomic mass is 10.1. The fourth-order valence-electron chi connectivity index (χ4n) is 3.08. The topological polar surface area (TPSA) is 88.1 Å². The Morgan fingerprint density at radius 1 is 1.07 bits per heavy atom. The first kappa shape index (κ1) is 15.4. The van der Waals surface area contributed by atoms with Gasteiger partial charge in [-0.3, -0.25) is 10.1 Å². The number of fused-ring (bicyclic) bond motifs is 1. The molecule has 0 amide bonds. The first-order chi connectivity index (χ1) is 13.3. The summed E-state index contributed by atoms with van der Waals surface area (Å²) in [5, 5.41) is 11.4. The predicted octanol–water partition coefficient (Wildman–Crippen LogP) is 3.40. The van der Waals surface area contributed by atoms with Gasteiger partial charge in [0.25, 0.3) is 0 Å². The zero-order valence-electron chi connectivity index (χ0n) is 14.1. The zero-order valence-corrected chi connectivity index (χ0v) is 14.1. The lowest BCUT2D eigenvalue weighted by Gasteiger charge is -2.02. The molecule has 1 aromatic carbocycles. The molecule has 2 N–H and O–H groups in total. The molecule has 7 nitrogen and oxygen atoms in total. The molecular weight excluding hydrogens is 345 g/mol. The maximum atomic E-state index is 13.6. The van der Waals surface area contributed by atoms with Gasteiger partial charge in [-0.2, -0.15) is 10.2 Å². The smallest absolute Gasteiger partial charge is 0.177 e. The summed E-state index contributed by atoms with van der Waals surface area (Å²) >= 11 is 0. The van der Waals surface area contributed by atoms with Crippen LogP contribution in [0.4, 0.5) is 4.39 Å². The van der Waals surface area contributed by atoms with Gasteiger partial charge in [0.1, 0.15) is 17.2 Å². The summed E-state index contributed by atoms with van der Waals surface area (Å²) in [6, 6.07) is 10.3. The number of hydrogen-bond donors (Lipinski definition) is 2. The lowest BCUT2D eigenvalue weighted by molar-refractivity contribution is 0.628. The summed E-state index contributed by atoms with van der Waals surface area (Å²) in [5.41, 5.74) is 4.84. The van der Waals surface area contributed by atoms with Crippen molar-refractivity contribution in [2.24, 2.45) is 0 Å². The van der Waals surface area contributed by atoms with E-state index in [2.05, 4.69) is 25.3 Å². The van der Waals surface area contributed by atoms with Gasteiger partial charge in [-0.15, -0.1) is 0 Å². The summed E-state index contributed by atoms with van der Waals surface area (Å²) in [6.07, 6.45) is 6.93. The average molecular weight is 359 g/mol. The summed E-state index contributed by atoms with van der Waals surface area (Å²) in [7, 11) is 0. The third kappa shape index (κ3) is 2.77. The van der Waals surface area contributed by atoms with E-state index in [1.54, 1.807) is 30.9 Å². The fourth-order valence-corrected chi connectivity index (χ4v) is 3.08. The molecule has 0 saturated heterocycles. The molecular formula is C19H14FN7. The number of H-pyrrole nitrogens is 2. The summed E-state index contributed by atoms with van der Waals surface area (Å²) in [4.78, 5) is 12.0. The predicted molar refractivity (Wildman–Crippen MR) is 98.2 cm³/mol. The van der Waals surface area contributed by atoms with Crippen LogP contribution in [0.3, 0.4) is 0 Å². The minimum atomic E-state index is -0.300. The molecule has 4 aromatic heterocycles. The lowest BCUT2D eigenvalue weighted by Crippen LogP contribution is -2.01. The molecule has 0 saturated carbocycles. The summed E-state index contributed by atoms with van der Waals surface area (Å²) in [6.45, 7) is 0.596. The fraction of sp³-hybridized carbons (Fsp3) is 0.0526. The normalized spacial score (nSPS) is 11.3. The standard InChI is InChI=1S/C19H14FN7/c20-14-3-1-2-13(8-14)17-15(9-22-26-17)18-24-16-10-23-27(19(16)25-18)11-12-4-6-21-7-5-12/h1-10H,11H2,(H,22,26)(H,24,25). The van der Waals surface area contributed by atoms with E-state index in [9.17, 15) is 4.39 Å². The van der Waals surface area contributed by atoms with Crippen molar-refractivity contribution in [3.05, 3.63) is 72.6 Å². The maximum Gasteiger partial charge on any atom is 0.177 e. The molecule has 0 radical (unpaired) electrons. The second-order valence-electron chi connectivity index (χ2n) is 6.15. The van der Waals surface area contributed by atoms with E-state index in [0.717, 1.165) is 22.3 Å². The molecule has 5 rings (SSSR count). The summed E-state index contributed by atoms with van der Waals surface area (Å²) in [5.74, 6) is 0.351. The van der Waals surface area contributed by atoms with Gasteiger partial charge in [-0.25, -0.2) is 14.1 Å². The van der Waals surface area contributed by atoms with Crippen LogP contribution in [0.25, 0.3) is 33.8 Å². The second kappa shape index (κ2) is 6.17. The first-order valence-corrected chi connectivity index (χ1v) is 8.38. The van der Waals surface area contributed by atoms with Crippen LogP contribution >= 0.6 is 0 Å². The third-order valence-electron chi connectivity index (χ3n) is 4.37. The van der Waals surface area contributed by atoms with E-state index in [1.165, 1.54) is 12.1 Å². The van der Waals surface area contributed by atoms with Crippen molar-refractivity contribution in [1.29, 1.82) is 0 Å². The Hall–Kier alpha value is -3.81. The number of nitrogens with zero attached hydrogens (tertiary/aromatic N) is 5. The molecule has 0 atom stereocenters. The maximum absolute atomic E-state index is 13.6. The van der Waals surface area contributed by atoms with Crippen LogP contribution in [0, 0.1) is 5.82 Å². The molecule has 8 heteroatoms. The Labute approximate surface area is 152 Å². The number of aromatic nitrogens is 7. The van der Waals surface area contributed by atoms with Crippen molar-refractivity contribution < 1.29 is 4.39 Å². The Morgan fingerprint density at radius 3 is 2.81 bits per heavy atom. The second-order valence-corrected chi connectivity index (χ2v) is 6.15. The molecule has 4 heterocycles. The highest BCUT2D eigenvalue weighted by Crippen LogP contribution is 2.30. The van der Waals surface area contributed by atoms with E-state index in [-0.39, 0.29) is 5.82 Å². The molecule has 27 heavy (non-hydrogen) atoms. The Kier molecular flexibility index (Phi) is 3.53. The van der Waals surface area contributed by atoms with Gasteiger partial charge >= 0.3 is 0 Å². The molecule has 0 aliphatic heterocycles. The SMILES string of the molecule is Fc1cccc(-c2[nH]ncc2-c2nc3c(cnn3Cc3ccncc3)[nH]2)c1. The molecule has 0 aliphatic rings. The third-order valence-corrected chi connectivity index (χ3v) is 4.37. The van der Waals surface area contributed by atoms with Crippen LogP contribution < -0.4 is 0 Å². The monoisotopic (exact) mass is 359 g/mol. The van der Waals surface area contributed by atoms with Crippen molar-refractivity contribution in [2.75, 3.05) is 0 Å². The Balaban J connectivity index is 1.55. The molecule has 0 fully saturated rings. The number of aromatic amines is 2. The van der Waals surface area contributed by atoms with Gasteiger partial charge in [0.05, 0.1) is 30.2 Å². The van der Waals surface area contributed by atoms with Crippen LogP contribution in [0.2, 0.25) is 0 Å². The number of rotatable bonds is 4. The number of hydrogen-bond acceptors (Lipinski definition) is 4. The molecule has 132 valence electrons. The van der Waals surface area contributed by atoms with Gasteiger partial charge < -0.3 is 4.98 Å². The Morgan fingerprint density at radius 2 is 1.96 bits per heavy atom. The van der Waals surface area contributed by atoms with Crippen molar-refractivity contribution >= 4 is 11.2 Å². The first-order valence-electron chi connectivity index (χ1n) is 8.38. The molecule has 0 unspecified atom stereocenters. The van der Waals surface area contributed by atoms with E-state index >= 15 is 0 Å². The molecule has 0 bridgehead atoms. The van der Waals surface area contributed by atoms with Crippen molar-refractivity contribution in [2.45, 2.75) is 6.54 Å². The highest BCUT2D eigenvalue weighted by Gasteiger charge is 2.16. The van der Waals surface area contributed by atoms with Gasteiger partial charge in [0, 0.05) is 18.0 Å². The number of benzene rings is 1. The molecule has 0 aliphatic carbocycles.